The van der Waals surface area contributed by atoms with Crippen molar-refractivity contribution in [1.82, 2.24) is 0 Å². The van der Waals surface area contributed by atoms with E-state index in [2.05, 4.69) is 0 Å². The van der Waals surface area contributed by atoms with Gasteiger partial charge in [0.05, 0.1) is 18.3 Å². The normalized spacial score (nSPS) is 15.6. The van der Waals surface area contributed by atoms with Gasteiger partial charge < -0.3 is 25.5 Å². The highest BCUT2D eigenvalue weighted by Gasteiger charge is 2.30. The van der Waals surface area contributed by atoms with Crippen molar-refractivity contribution >= 4 is 5.78 Å². The molecule has 0 saturated carbocycles. The van der Waals surface area contributed by atoms with Gasteiger partial charge in [-0.2, -0.15) is 0 Å². The summed E-state index contributed by atoms with van der Waals surface area (Å²) in [5.74, 6) is -0.288. The molecule has 4 atom stereocenters. The zero-order valence-electron chi connectivity index (χ0n) is 19.3. The number of hydrogen-bond donors (Lipinski definition) is 5. The Kier molecular flexibility index (Phi) is 12.8. The average molecular weight is 439 g/mol. The molecular formula is C25H42O6. The summed E-state index contributed by atoms with van der Waals surface area (Å²) in [4.78, 5) is 11.3. The van der Waals surface area contributed by atoms with E-state index < -0.39 is 24.2 Å². The Morgan fingerprint density at radius 2 is 1.45 bits per heavy atom. The first-order valence-corrected chi connectivity index (χ1v) is 11.7. The second-order valence-corrected chi connectivity index (χ2v) is 9.18. The zero-order chi connectivity index (χ0) is 23.4. The largest absolute Gasteiger partial charge is 0.508 e. The van der Waals surface area contributed by atoms with E-state index in [4.69, 9.17) is 0 Å². The Hall–Kier alpha value is -1.63. The summed E-state index contributed by atoms with van der Waals surface area (Å²) in [6, 6.07) is 3.96. The Labute approximate surface area is 186 Å². The zero-order valence-corrected chi connectivity index (χ0v) is 19.3. The van der Waals surface area contributed by atoms with Crippen molar-refractivity contribution in [1.29, 1.82) is 0 Å². The lowest BCUT2D eigenvalue weighted by Gasteiger charge is -2.30. The molecule has 0 amide bonds. The second kappa shape index (κ2) is 14.4. The monoisotopic (exact) mass is 438 g/mol. The summed E-state index contributed by atoms with van der Waals surface area (Å²) in [6.07, 6.45) is 4.74. The van der Waals surface area contributed by atoms with Crippen molar-refractivity contribution in [3.05, 3.63) is 23.8 Å². The number of hydrogen-bond acceptors (Lipinski definition) is 6. The minimum absolute atomic E-state index is 0.147. The summed E-state index contributed by atoms with van der Waals surface area (Å²) in [5, 5.41) is 51.4. The number of benzene rings is 1. The third-order valence-corrected chi connectivity index (χ3v) is 5.81. The number of ketones is 1. The first kappa shape index (κ1) is 27.4. The molecule has 0 aliphatic heterocycles. The minimum atomic E-state index is -1.06. The maximum absolute atomic E-state index is 11.3. The lowest BCUT2D eigenvalue weighted by Crippen LogP contribution is -2.31. The van der Waals surface area contributed by atoms with Crippen molar-refractivity contribution in [2.45, 2.75) is 103 Å². The lowest BCUT2D eigenvalue weighted by atomic mass is 9.82. The lowest BCUT2D eigenvalue weighted by molar-refractivity contribution is -0.118. The number of phenolic OH excluding ortho intramolecular Hbond substituents is 2. The minimum Gasteiger partial charge on any atom is -0.508 e. The topological polar surface area (TPSA) is 118 Å². The maximum atomic E-state index is 11.3. The Morgan fingerprint density at radius 1 is 0.871 bits per heavy atom. The molecule has 178 valence electrons. The Morgan fingerprint density at radius 3 is 2.03 bits per heavy atom. The average Bonchev–Trinajstić information content (AvgIpc) is 2.69. The number of carbonyl (C=O) groups excluding carboxylic acids is 1. The van der Waals surface area contributed by atoms with Crippen LogP contribution in [-0.2, 0) is 4.79 Å². The molecule has 0 fully saturated rings. The first-order chi connectivity index (χ1) is 14.6. The molecule has 0 saturated heterocycles. The van der Waals surface area contributed by atoms with Gasteiger partial charge >= 0.3 is 0 Å². The van der Waals surface area contributed by atoms with Gasteiger partial charge in [0, 0.05) is 24.8 Å². The van der Waals surface area contributed by atoms with Crippen LogP contribution in [0.3, 0.4) is 0 Å². The number of unbranched alkanes of at least 4 members (excludes halogenated alkanes) is 4. The number of carbonyl (C=O) groups is 1. The maximum Gasteiger partial charge on any atom is 0.132 e. The van der Waals surface area contributed by atoms with Gasteiger partial charge in [0.2, 0.25) is 0 Å². The third kappa shape index (κ3) is 11.0. The van der Waals surface area contributed by atoms with E-state index in [9.17, 15) is 30.3 Å². The van der Waals surface area contributed by atoms with Crippen molar-refractivity contribution in [3.8, 4) is 11.5 Å². The molecule has 1 rings (SSSR count). The molecule has 1 aromatic rings. The van der Waals surface area contributed by atoms with Gasteiger partial charge in [-0.25, -0.2) is 0 Å². The molecule has 31 heavy (non-hydrogen) atoms. The predicted molar refractivity (Wildman–Crippen MR) is 122 cm³/mol. The van der Waals surface area contributed by atoms with Crippen molar-refractivity contribution < 1.29 is 30.3 Å². The van der Waals surface area contributed by atoms with Crippen molar-refractivity contribution in [3.63, 3.8) is 0 Å². The fourth-order valence-electron chi connectivity index (χ4n) is 4.06. The summed E-state index contributed by atoms with van der Waals surface area (Å²) >= 11 is 0. The molecule has 0 unspecified atom stereocenters. The molecule has 0 heterocycles. The fourth-order valence-corrected chi connectivity index (χ4v) is 4.06. The second-order valence-electron chi connectivity index (χ2n) is 9.18. The van der Waals surface area contributed by atoms with E-state index in [0.717, 1.165) is 32.1 Å². The number of aromatic hydroxyl groups is 2. The van der Waals surface area contributed by atoms with E-state index >= 15 is 0 Å². The number of Topliss-reactive ketones (excluding diaryl/α,β-unsaturated/α-hetero) is 1. The van der Waals surface area contributed by atoms with Gasteiger partial charge in [-0.15, -0.1) is 0 Å². The van der Waals surface area contributed by atoms with Crippen LogP contribution < -0.4 is 0 Å². The molecule has 5 N–H and O–H groups in total. The quantitative estimate of drug-likeness (QED) is 0.240. The van der Waals surface area contributed by atoms with Gasteiger partial charge in [0.15, 0.2) is 0 Å². The Balaban J connectivity index is 2.51. The highest BCUT2D eigenvalue weighted by Crippen LogP contribution is 2.35. The van der Waals surface area contributed by atoms with Gasteiger partial charge in [0.25, 0.3) is 0 Å². The van der Waals surface area contributed by atoms with Crippen molar-refractivity contribution in [2.24, 2.45) is 11.8 Å². The summed E-state index contributed by atoms with van der Waals surface area (Å²) in [6.45, 7) is 5.88. The molecule has 0 bridgehead atoms. The van der Waals surface area contributed by atoms with Crippen LogP contribution in [0, 0.1) is 11.8 Å². The van der Waals surface area contributed by atoms with E-state index in [-0.39, 0.29) is 23.8 Å². The summed E-state index contributed by atoms with van der Waals surface area (Å²) in [5.41, 5.74) is 0.346. The van der Waals surface area contributed by atoms with E-state index in [1.807, 2.05) is 20.8 Å². The number of aliphatic hydroxyl groups is 3. The van der Waals surface area contributed by atoms with Crippen LogP contribution in [0.2, 0.25) is 0 Å². The summed E-state index contributed by atoms with van der Waals surface area (Å²) < 4.78 is 0. The molecule has 0 aliphatic rings. The van der Waals surface area contributed by atoms with Gasteiger partial charge in [-0.1, -0.05) is 46.5 Å². The molecule has 6 nitrogen and oxygen atoms in total. The van der Waals surface area contributed by atoms with Crippen LogP contribution in [0.5, 0.6) is 11.5 Å². The van der Waals surface area contributed by atoms with Crippen molar-refractivity contribution in [2.75, 3.05) is 0 Å². The molecular weight excluding hydrogens is 396 g/mol. The highest BCUT2D eigenvalue weighted by atomic mass is 16.3. The standard InChI is InChI=1S/C25H42O6/c1-4-19(26)10-8-6-5-7-9-11-20(27)16-24(30)23(12-17(2)3)25(31)18-13-21(28)15-22(29)14-18/h13-15,17,20,23-25,27-31H,4-12,16H2,1-3H3/t20-,23-,24-,25+/m0/s1. The third-order valence-electron chi connectivity index (χ3n) is 5.81. The number of aliphatic hydroxyl groups excluding tert-OH is 3. The first-order valence-electron chi connectivity index (χ1n) is 11.7. The number of phenols is 2. The van der Waals surface area contributed by atoms with Crippen LogP contribution in [-0.4, -0.2) is 43.5 Å². The molecule has 6 heteroatoms. The van der Waals surface area contributed by atoms with E-state index in [1.165, 1.54) is 18.2 Å². The van der Waals surface area contributed by atoms with Gasteiger partial charge in [-0.3, -0.25) is 4.79 Å². The molecule has 0 radical (unpaired) electrons. The van der Waals surface area contributed by atoms with Crippen LogP contribution >= 0.6 is 0 Å². The molecule has 0 aromatic heterocycles. The van der Waals surface area contributed by atoms with Crippen LogP contribution in [0.25, 0.3) is 0 Å². The highest BCUT2D eigenvalue weighted by molar-refractivity contribution is 5.77. The smallest absolute Gasteiger partial charge is 0.132 e. The molecule has 1 aromatic carbocycles. The van der Waals surface area contributed by atoms with Gasteiger partial charge in [0.1, 0.15) is 17.3 Å². The van der Waals surface area contributed by atoms with Crippen LogP contribution in [0.1, 0.15) is 96.6 Å². The van der Waals surface area contributed by atoms with E-state index in [0.29, 0.717) is 37.0 Å². The molecule has 0 spiro atoms. The van der Waals surface area contributed by atoms with Crippen LogP contribution in [0.15, 0.2) is 18.2 Å². The summed E-state index contributed by atoms with van der Waals surface area (Å²) in [7, 11) is 0. The fraction of sp³-hybridized carbons (Fsp3) is 0.720. The SMILES string of the molecule is CCC(=O)CCCCCCC[C@H](O)C[C@H](O)[C@H](CC(C)C)[C@H](O)c1cc(O)cc(O)c1. The van der Waals surface area contributed by atoms with Crippen LogP contribution in [0.4, 0.5) is 0 Å². The van der Waals surface area contributed by atoms with E-state index in [1.54, 1.807) is 0 Å². The molecule has 0 aliphatic carbocycles. The van der Waals surface area contributed by atoms with Gasteiger partial charge in [-0.05, 0) is 49.3 Å². The predicted octanol–water partition coefficient (Wildman–Crippen LogP) is 4.62. The number of rotatable bonds is 16. The Bertz CT molecular complexity index is 625.